The predicted octanol–water partition coefficient (Wildman–Crippen LogP) is 0.776. The molecule has 1 aliphatic heterocycles. The van der Waals surface area contributed by atoms with E-state index >= 15 is 0 Å². The molecule has 1 aliphatic rings. The summed E-state index contributed by atoms with van der Waals surface area (Å²) >= 11 is 0. The monoisotopic (exact) mass is 276 g/mol. The summed E-state index contributed by atoms with van der Waals surface area (Å²) in [4.78, 5) is 28.4. The molecule has 0 saturated carbocycles. The Morgan fingerprint density at radius 1 is 1.50 bits per heavy atom. The van der Waals surface area contributed by atoms with Crippen LogP contribution in [0.15, 0.2) is 24.5 Å². The van der Waals surface area contributed by atoms with Crippen molar-refractivity contribution in [1.82, 2.24) is 9.88 Å². The van der Waals surface area contributed by atoms with Crippen molar-refractivity contribution in [3.63, 3.8) is 0 Å². The van der Waals surface area contributed by atoms with Gasteiger partial charge in [-0.25, -0.2) is 4.79 Å². The molecule has 1 saturated heterocycles. The number of aliphatic carboxylic acids is 1. The Labute approximate surface area is 116 Å². The van der Waals surface area contributed by atoms with Gasteiger partial charge in [0.2, 0.25) is 0 Å². The Kier molecular flexibility index (Phi) is 3.85. The van der Waals surface area contributed by atoms with Crippen molar-refractivity contribution in [2.75, 3.05) is 13.1 Å². The summed E-state index contributed by atoms with van der Waals surface area (Å²) in [5.74, 6) is -1.31. The minimum atomic E-state index is -1.09. The van der Waals surface area contributed by atoms with Crippen molar-refractivity contribution in [2.24, 2.45) is 0 Å². The van der Waals surface area contributed by atoms with Gasteiger partial charge in [0, 0.05) is 42.7 Å². The molecule has 6 nitrogen and oxygen atoms in total. The van der Waals surface area contributed by atoms with E-state index in [1.54, 1.807) is 17.9 Å². The van der Waals surface area contributed by atoms with Crippen LogP contribution < -0.4 is 0 Å². The maximum absolute atomic E-state index is 12.4. The van der Waals surface area contributed by atoms with Gasteiger partial charge >= 0.3 is 5.97 Å². The van der Waals surface area contributed by atoms with E-state index in [4.69, 9.17) is 5.11 Å². The highest BCUT2D eigenvalue weighted by Gasteiger charge is 2.34. The van der Waals surface area contributed by atoms with Gasteiger partial charge in [-0.05, 0) is 25.5 Å². The van der Waals surface area contributed by atoms with Gasteiger partial charge in [-0.15, -0.1) is 0 Å². The third-order valence-corrected chi connectivity index (χ3v) is 3.23. The van der Waals surface area contributed by atoms with E-state index in [0.717, 1.165) is 6.08 Å². The maximum Gasteiger partial charge on any atom is 0.328 e. The zero-order valence-corrected chi connectivity index (χ0v) is 11.1. The highest BCUT2D eigenvalue weighted by atomic mass is 16.4. The number of hydrogen-bond acceptors (Lipinski definition) is 4. The molecule has 106 valence electrons. The van der Waals surface area contributed by atoms with Crippen LogP contribution in [0.2, 0.25) is 0 Å². The standard InChI is InChI=1S/C14H16N2O4/c1-14(20)5-7-16(9-14)13(19)11-4-6-15-8-10(11)2-3-12(17)18/h2-4,6,8,20H,5,7,9H2,1H3,(H,17,18)/b3-2+. The minimum absolute atomic E-state index is 0.227. The first-order valence-electron chi connectivity index (χ1n) is 6.26. The van der Waals surface area contributed by atoms with Crippen LogP contribution in [0.3, 0.4) is 0 Å². The lowest BCUT2D eigenvalue weighted by molar-refractivity contribution is -0.131. The van der Waals surface area contributed by atoms with Crippen LogP contribution in [0.25, 0.3) is 6.08 Å². The molecular weight excluding hydrogens is 260 g/mol. The van der Waals surface area contributed by atoms with Gasteiger partial charge in [0.05, 0.1) is 5.60 Å². The van der Waals surface area contributed by atoms with Crippen molar-refractivity contribution in [2.45, 2.75) is 18.9 Å². The molecule has 1 amide bonds. The molecule has 0 aromatic carbocycles. The number of amides is 1. The lowest BCUT2D eigenvalue weighted by Crippen LogP contribution is -2.34. The Hall–Kier alpha value is -2.21. The Balaban J connectivity index is 2.24. The predicted molar refractivity (Wildman–Crippen MR) is 72.1 cm³/mol. The van der Waals surface area contributed by atoms with Crippen molar-refractivity contribution in [1.29, 1.82) is 0 Å². The van der Waals surface area contributed by atoms with Gasteiger partial charge < -0.3 is 15.1 Å². The van der Waals surface area contributed by atoms with E-state index < -0.39 is 11.6 Å². The number of carboxylic acid groups (broad SMARTS) is 1. The quantitative estimate of drug-likeness (QED) is 0.796. The average molecular weight is 276 g/mol. The molecule has 20 heavy (non-hydrogen) atoms. The number of aliphatic hydroxyl groups is 1. The van der Waals surface area contributed by atoms with Crippen molar-refractivity contribution < 1.29 is 19.8 Å². The number of pyridine rings is 1. The van der Waals surface area contributed by atoms with Crippen molar-refractivity contribution >= 4 is 18.0 Å². The molecule has 0 bridgehead atoms. The number of nitrogens with zero attached hydrogens (tertiary/aromatic N) is 2. The summed E-state index contributed by atoms with van der Waals surface area (Å²) in [6.45, 7) is 2.45. The first-order valence-corrected chi connectivity index (χ1v) is 6.26. The highest BCUT2D eigenvalue weighted by molar-refractivity contribution is 5.99. The zero-order valence-electron chi connectivity index (χ0n) is 11.1. The molecule has 1 unspecified atom stereocenters. The zero-order chi connectivity index (χ0) is 14.8. The van der Waals surface area contributed by atoms with E-state index in [9.17, 15) is 14.7 Å². The lowest BCUT2D eigenvalue weighted by atomic mass is 10.1. The number of aromatic nitrogens is 1. The van der Waals surface area contributed by atoms with Crippen LogP contribution >= 0.6 is 0 Å². The SMILES string of the molecule is CC1(O)CCN(C(=O)c2ccncc2/C=C/C(=O)O)C1. The third-order valence-electron chi connectivity index (χ3n) is 3.23. The second-order valence-corrected chi connectivity index (χ2v) is 5.11. The Morgan fingerprint density at radius 2 is 2.25 bits per heavy atom. The average Bonchev–Trinajstić information content (AvgIpc) is 2.76. The molecule has 0 aliphatic carbocycles. The number of rotatable bonds is 3. The van der Waals surface area contributed by atoms with Gasteiger partial charge in [0.25, 0.3) is 5.91 Å². The number of carboxylic acids is 1. The van der Waals surface area contributed by atoms with Crippen molar-refractivity contribution in [3.05, 3.63) is 35.7 Å². The van der Waals surface area contributed by atoms with Crippen molar-refractivity contribution in [3.8, 4) is 0 Å². The second-order valence-electron chi connectivity index (χ2n) is 5.11. The van der Waals surface area contributed by atoms with Gasteiger partial charge in [0.1, 0.15) is 0 Å². The molecule has 1 fully saturated rings. The smallest absolute Gasteiger partial charge is 0.328 e. The molecule has 1 aromatic heterocycles. The number of β-amino-alcohol motifs (C(OH)–C–C–N with tert-alkyl or cyclic N) is 1. The molecule has 1 aromatic rings. The van der Waals surface area contributed by atoms with E-state index in [2.05, 4.69) is 4.98 Å². The Bertz CT molecular complexity index is 566. The molecule has 6 heteroatoms. The topological polar surface area (TPSA) is 90.7 Å². The van der Waals surface area contributed by atoms with E-state index in [0.29, 0.717) is 24.1 Å². The van der Waals surface area contributed by atoms with Crippen LogP contribution in [-0.2, 0) is 4.79 Å². The maximum atomic E-state index is 12.4. The number of hydrogen-bond donors (Lipinski definition) is 2. The highest BCUT2D eigenvalue weighted by Crippen LogP contribution is 2.23. The summed E-state index contributed by atoms with van der Waals surface area (Å²) in [6, 6.07) is 1.55. The largest absolute Gasteiger partial charge is 0.478 e. The number of carbonyl (C=O) groups excluding carboxylic acids is 1. The van der Waals surface area contributed by atoms with E-state index in [1.165, 1.54) is 18.5 Å². The van der Waals surface area contributed by atoms with Crippen LogP contribution in [0.4, 0.5) is 0 Å². The summed E-state index contributed by atoms with van der Waals surface area (Å²) in [5.41, 5.74) is -0.0265. The number of carbonyl (C=O) groups is 2. The molecule has 0 radical (unpaired) electrons. The second kappa shape index (κ2) is 5.42. The molecule has 0 spiro atoms. The molecule has 2 N–H and O–H groups in total. The first kappa shape index (κ1) is 14.2. The summed E-state index contributed by atoms with van der Waals surface area (Å²) < 4.78 is 0. The third kappa shape index (κ3) is 3.21. The fourth-order valence-electron chi connectivity index (χ4n) is 2.18. The fraction of sp³-hybridized carbons (Fsp3) is 0.357. The fourth-order valence-corrected chi connectivity index (χ4v) is 2.18. The van der Waals surface area contributed by atoms with Crippen LogP contribution in [0, 0.1) is 0 Å². The normalized spacial score (nSPS) is 22.4. The summed E-state index contributed by atoms with van der Waals surface area (Å²) in [6.07, 6.45) is 5.77. The molecule has 2 heterocycles. The first-order chi connectivity index (χ1) is 9.39. The van der Waals surface area contributed by atoms with Gasteiger partial charge in [0.15, 0.2) is 0 Å². The lowest BCUT2D eigenvalue weighted by Gasteiger charge is -2.19. The van der Waals surface area contributed by atoms with E-state index in [1.807, 2.05) is 0 Å². The van der Waals surface area contributed by atoms with Gasteiger partial charge in [-0.3, -0.25) is 9.78 Å². The van der Waals surface area contributed by atoms with E-state index in [-0.39, 0.29) is 12.5 Å². The molecule has 2 rings (SSSR count). The number of likely N-dealkylation sites (tertiary alicyclic amines) is 1. The minimum Gasteiger partial charge on any atom is -0.478 e. The van der Waals surface area contributed by atoms with Crippen LogP contribution in [-0.4, -0.2) is 50.7 Å². The summed E-state index contributed by atoms with van der Waals surface area (Å²) in [7, 11) is 0. The van der Waals surface area contributed by atoms with Crippen LogP contribution in [0.5, 0.6) is 0 Å². The Morgan fingerprint density at radius 3 is 2.85 bits per heavy atom. The van der Waals surface area contributed by atoms with Gasteiger partial charge in [-0.2, -0.15) is 0 Å². The molecular formula is C14H16N2O4. The summed E-state index contributed by atoms with van der Waals surface area (Å²) in [5, 5.41) is 18.6. The van der Waals surface area contributed by atoms with Gasteiger partial charge in [-0.1, -0.05) is 0 Å². The molecule has 1 atom stereocenters. The van der Waals surface area contributed by atoms with Crippen LogP contribution in [0.1, 0.15) is 29.3 Å².